The van der Waals surface area contributed by atoms with Crippen molar-refractivity contribution < 1.29 is 28.2 Å². The summed E-state index contributed by atoms with van der Waals surface area (Å²) in [5, 5.41) is 13.2. The number of benzene rings is 5. The molecule has 8 rings (SSSR count). The number of nitrogens with zero attached hydrogens (tertiary/aromatic N) is 2. The molecule has 286 valence electrons. The Balaban J connectivity index is 0.939. The van der Waals surface area contributed by atoms with Crippen molar-refractivity contribution in [3.8, 4) is 34.4 Å². The normalized spacial score (nSPS) is 16.2. The van der Waals surface area contributed by atoms with Crippen molar-refractivity contribution in [3.63, 3.8) is 0 Å². The number of carbonyl (C=O) groups is 2. The van der Waals surface area contributed by atoms with Crippen LogP contribution in [0.4, 0.5) is 0 Å². The maximum atomic E-state index is 14.0. The van der Waals surface area contributed by atoms with Crippen molar-refractivity contribution in [3.05, 3.63) is 171 Å². The van der Waals surface area contributed by atoms with Gasteiger partial charge in [-0.05, 0) is 113 Å². The lowest BCUT2D eigenvalue weighted by Crippen LogP contribution is -2.54. The van der Waals surface area contributed by atoms with Crippen LogP contribution in [-0.4, -0.2) is 35.4 Å². The van der Waals surface area contributed by atoms with E-state index in [4.69, 9.17) is 47.1 Å². The summed E-state index contributed by atoms with van der Waals surface area (Å²) in [6.45, 7) is 2.78. The number of nitriles is 1. The molecule has 5 aromatic carbocycles. The van der Waals surface area contributed by atoms with Crippen LogP contribution in [0.5, 0.6) is 17.2 Å². The first-order valence-corrected chi connectivity index (χ1v) is 19.3. The maximum Gasteiger partial charge on any atom is 0.290 e. The van der Waals surface area contributed by atoms with Gasteiger partial charge in [-0.1, -0.05) is 77.8 Å². The first kappa shape index (κ1) is 37.7. The Morgan fingerprint density at radius 3 is 2.30 bits per heavy atom. The summed E-state index contributed by atoms with van der Waals surface area (Å²) in [7, 11) is 0. The first-order valence-electron chi connectivity index (χ1n) is 18.6. The average molecular weight is 799 g/mol. The van der Waals surface area contributed by atoms with E-state index in [1.165, 1.54) is 6.26 Å². The van der Waals surface area contributed by atoms with Gasteiger partial charge >= 0.3 is 0 Å². The van der Waals surface area contributed by atoms with E-state index in [1.807, 2.05) is 85.8 Å². The zero-order chi connectivity index (χ0) is 39.5. The quantitative estimate of drug-likeness (QED) is 0.147. The van der Waals surface area contributed by atoms with Gasteiger partial charge in [0.2, 0.25) is 5.91 Å². The molecular weight excluding hydrogens is 761 g/mol. The lowest BCUT2D eigenvalue weighted by atomic mass is 9.92. The molecule has 1 aromatic heterocycles. The lowest BCUT2D eigenvalue weighted by molar-refractivity contribution is -0.126. The smallest absolute Gasteiger partial charge is 0.290 e. The van der Waals surface area contributed by atoms with Crippen LogP contribution in [0.1, 0.15) is 57.0 Å². The highest BCUT2D eigenvalue weighted by Gasteiger charge is 2.38. The number of amides is 2. The van der Waals surface area contributed by atoms with Gasteiger partial charge in [0.1, 0.15) is 25.0 Å². The fraction of sp³-hybridized carbons (Fsp3) is 0.196. The third-order valence-corrected chi connectivity index (χ3v) is 11.0. The zero-order valence-corrected chi connectivity index (χ0v) is 32.4. The second-order valence-electron chi connectivity index (χ2n) is 14.2. The van der Waals surface area contributed by atoms with E-state index in [9.17, 15) is 9.59 Å². The van der Waals surface area contributed by atoms with E-state index in [1.54, 1.807) is 41.3 Å². The highest BCUT2D eigenvalue weighted by atomic mass is 35.5. The Hall–Kier alpha value is -6.21. The van der Waals surface area contributed by atoms with Gasteiger partial charge in [0.05, 0.1) is 27.9 Å². The van der Waals surface area contributed by atoms with Gasteiger partial charge in [-0.3, -0.25) is 9.59 Å². The number of hydrogen-bond acceptors (Lipinski definition) is 7. The highest BCUT2D eigenvalue weighted by molar-refractivity contribution is 6.42. The average Bonchev–Trinajstić information content (AvgIpc) is 3.78. The minimum Gasteiger partial charge on any atom is -0.489 e. The van der Waals surface area contributed by atoms with Gasteiger partial charge in [-0.2, -0.15) is 5.26 Å². The lowest BCUT2D eigenvalue weighted by Gasteiger charge is -2.37. The van der Waals surface area contributed by atoms with Crippen LogP contribution >= 0.6 is 23.2 Å². The van der Waals surface area contributed by atoms with Gasteiger partial charge < -0.3 is 28.8 Å². The Bertz CT molecular complexity index is 2450. The van der Waals surface area contributed by atoms with Crippen LogP contribution in [-0.2, 0) is 30.8 Å². The monoisotopic (exact) mass is 797 g/mol. The van der Waals surface area contributed by atoms with Crippen molar-refractivity contribution in [2.75, 3.05) is 6.61 Å². The molecule has 0 saturated carbocycles. The van der Waals surface area contributed by atoms with E-state index >= 15 is 0 Å². The molecule has 2 aliphatic heterocycles. The molecule has 0 bridgehead atoms. The molecule has 6 aromatic rings. The molecule has 0 radical (unpaired) electrons. The zero-order valence-electron chi connectivity index (χ0n) is 30.9. The minimum atomic E-state index is -0.774. The van der Waals surface area contributed by atoms with Crippen molar-refractivity contribution in [1.82, 2.24) is 10.2 Å². The van der Waals surface area contributed by atoms with E-state index in [-0.39, 0.29) is 36.3 Å². The number of rotatable bonds is 10. The SMILES string of the molecule is CC(Cc1ccc(-c2ccc(C#N)cc2)cc1)NC(=O)C1Cc2cc3c(cc2CN1C(=O)c1ccco1)OC(c1ccc(OCc2ccc(Cl)c(Cl)c2)cc1)CO3. The Morgan fingerprint density at radius 2 is 1.60 bits per heavy atom. The molecule has 3 heterocycles. The van der Waals surface area contributed by atoms with Gasteiger partial charge in [-0.15, -0.1) is 0 Å². The standard InChI is InChI=1S/C46H37Cl2N3O6/c1-28(19-29-4-9-32(10-5-29)33-11-6-30(24-49)7-12-33)50-45(52)40-21-35-22-42-43(23-36(35)25-51(40)46(53)41-3-2-18-54-41)57-44(27-56-42)34-13-15-37(16-14-34)55-26-31-8-17-38(47)39(48)20-31/h2-18,20,22-23,28,40,44H,19,21,25-27H2,1H3,(H,50,52). The number of ether oxygens (including phenoxy) is 3. The molecule has 3 unspecified atom stereocenters. The number of fused-ring (bicyclic) bond motifs is 2. The largest absolute Gasteiger partial charge is 0.489 e. The molecule has 0 fully saturated rings. The van der Waals surface area contributed by atoms with E-state index in [0.717, 1.165) is 38.9 Å². The Labute approximate surface area is 340 Å². The van der Waals surface area contributed by atoms with Gasteiger partial charge in [0.25, 0.3) is 5.91 Å². The van der Waals surface area contributed by atoms with Gasteiger partial charge in [0, 0.05) is 19.0 Å². The van der Waals surface area contributed by atoms with Gasteiger partial charge in [0.15, 0.2) is 23.4 Å². The van der Waals surface area contributed by atoms with Crippen molar-refractivity contribution in [2.24, 2.45) is 0 Å². The van der Waals surface area contributed by atoms with Crippen molar-refractivity contribution >= 4 is 35.0 Å². The second-order valence-corrected chi connectivity index (χ2v) is 15.0. The number of halogens is 2. The molecule has 0 spiro atoms. The number of nitrogens with one attached hydrogen (secondary N) is 1. The number of hydrogen-bond donors (Lipinski definition) is 1. The third-order valence-electron chi connectivity index (χ3n) is 10.2. The number of carbonyl (C=O) groups excluding carboxylic acids is 2. The molecule has 57 heavy (non-hydrogen) atoms. The summed E-state index contributed by atoms with van der Waals surface area (Å²) >= 11 is 12.2. The molecular formula is C46H37Cl2N3O6. The molecule has 0 saturated heterocycles. The molecule has 1 N–H and O–H groups in total. The van der Waals surface area contributed by atoms with E-state index < -0.39 is 6.04 Å². The summed E-state index contributed by atoms with van der Waals surface area (Å²) in [5.74, 6) is 1.40. The third kappa shape index (κ3) is 8.48. The fourth-order valence-electron chi connectivity index (χ4n) is 7.19. The molecule has 9 nitrogen and oxygen atoms in total. The predicted molar refractivity (Wildman–Crippen MR) is 217 cm³/mol. The maximum absolute atomic E-state index is 14.0. The highest BCUT2D eigenvalue weighted by Crippen LogP contribution is 2.41. The molecule has 2 amide bonds. The number of furan rings is 1. The van der Waals surface area contributed by atoms with E-state index in [2.05, 4.69) is 11.4 Å². The van der Waals surface area contributed by atoms with Crippen LogP contribution in [0, 0.1) is 11.3 Å². The topological polar surface area (TPSA) is 114 Å². The summed E-state index contributed by atoms with van der Waals surface area (Å²) < 4.78 is 24.1. The predicted octanol–water partition coefficient (Wildman–Crippen LogP) is 9.53. The second kappa shape index (κ2) is 16.5. The summed E-state index contributed by atoms with van der Waals surface area (Å²) in [4.78, 5) is 29.4. The molecule has 2 aliphatic rings. The van der Waals surface area contributed by atoms with Crippen LogP contribution in [0.3, 0.4) is 0 Å². The van der Waals surface area contributed by atoms with Crippen LogP contribution in [0.2, 0.25) is 10.0 Å². The Morgan fingerprint density at radius 1 is 0.877 bits per heavy atom. The fourth-order valence-corrected chi connectivity index (χ4v) is 7.51. The summed E-state index contributed by atoms with van der Waals surface area (Å²) in [6, 6.07) is 37.0. The van der Waals surface area contributed by atoms with Crippen LogP contribution in [0.25, 0.3) is 11.1 Å². The van der Waals surface area contributed by atoms with Crippen molar-refractivity contribution in [2.45, 2.75) is 51.1 Å². The molecule has 3 atom stereocenters. The van der Waals surface area contributed by atoms with Crippen LogP contribution < -0.4 is 19.5 Å². The minimum absolute atomic E-state index is 0.161. The van der Waals surface area contributed by atoms with Gasteiger partial charge in [-0.25, -0.2) is 0 Å². The van der Waals surface area contributed by atoms with Crippen molar-refractivity contribution in [1.29, 1.82) is 5.26 Å². The van der Waals surface area contributed by atoms with Crippen LogP contribution in [0.15, 0.2) is 126 Å². The summed E-state index contributed by atoms with van der Waals surface area (Å²) in [6.07, 6.45) is 1.98. The first-order chi connectivity index (χ1) is 27.7. The molecule has 11 heteroatoms. The molecule has 0 aliphatic carbocycles. The van der Waals surface area contributed by atoms with E-state index in [0.29, 0.717) is 58.9 Å². The summed E-state index contributed by atoms with van der Waals surface area (Å²) in [5.41, 5.74) is 7.34. The Kier molecular flexibility index (Phi) is 10.9.